The maximum atomic E-state index is 14.1. The first-order valence-corrected chi connectivity index (χ1v) is 8.13. The van der Waals surface area contributed by atoms with Crippen molar-refractivity contribution < 1.29 is 18.1 Å². The van der Waals surface area contributed by atoms with Gasteiger partial charge in [0.15, 0.2) is 0 Å². The van der Waals surface area contributed by atoms with Gasteiger partial charge < -0.3 is 9.29 Å². The van der Waals surface area contributed by atoms with Crippen molar-refractivity contribution in [2.24, 2.45) is 5.92 Å². The molecule has 2 rings (SSSR count). The van der Waals surface area contributed by atoms with Gasteiger partial charge in [-0.25, -0.2) is 8.78 Å². The van der Waals surface area contributed by atoms with E-state index in [4.69, 9.17) is 16.3 Å². The lowest BCUT2D eigenvalue weighted by molar-refractivity contribution is -0.0473. The summed E-state index contributed by atoms with van der Waals surface area (Å²) < 4.78 is 47.5. The molecular formula is C14H18ClF2NO2S. The first-order chi connectivity index (χ1) is 9.70. The Balaban J connectivity index is 2.30. The van der Waals surface area contributed by atoms with Gasteiger partial charge in [0.25, 0.3) is 0 Å². The van der Waals surface area contributed by atoms with Gasteiger partial charge in [-0.3, -0.25) is 0 Å². The van der Waals surface area contributed by atoms with E-state index < -0.39 is 33.8 Å². The molecule has 1 N–H and O–H groups in total. The van der Waals surface area contributed by atoms with Crippen molar-refractivity contribution >= 4 is 23.0 Å². The van der Waals surface area contributed by atoms with E-state index in [-0.39, 0.29) is 16.5 Å². The highest BCUT2D eigenvalue weighted by Crippen LogP contribution is 2.33. The monoisotopic (exact) mass is 337 g/mol. The highest BCUT2D eigenvalue weighted by Gasteiger charge is 2.38. The summed E-state index contributed by atoms with van der Waals surface area (Å²) in [4.78, 5) is 0. The third-order valence-electron chi connectivity index (χ3n) is 3.30. The number of nitrogens with one attached hydrogen (secondary N) is 1. The molecule has 1 fully saturated rings. The van der Waals surface area contributed by atoms with Crippen LogP contribution in [-0.2, 0) is 16.1 Å². The molecule has 1 aliphatic heterocycles. The van der Waals surface area contributed by atoms with Crippen molar-refractivity contribution in [3.05, 3.63) is 34.4 Å². The second-order valence-electron chi connectivity index (χ2n) is 6.06. The van der Waals surface area contributed by atoms with Crippen LogP contribution in [0.4, 0.5) is 8.78 Å². The van der Waals surface area contributed by atoms with E-state index in [1.54, 1.807) is 0 Å². The van der Waals surface area contributed by atoms with Gasteiger partial charge in [0, 0.05) is 22.8 Å². The molecule has 0 radical (unpaired) electrons. The molecule has 1 saturated heterocycles. The number of halogens is 3. The molecule has 1 aliphatic rings. The molecule has 0 spiro atoms. The molecule has 0 amide bonds. The molecule has 1 aromatic rings. The number of benzene rings is 1. The Morgan fingerprint density at radius 2 is 1.95 bits per heavy atom. The zero-order valence-electron chi connectivity index (χ0n) is 12.1. The summed E-state index contributed by atoms with van der Waals surface area (Å²) in [5, 5.41) is -0.267. The first-order valence-electron chi connectivity index (χ1n) is 6.60. The molecule has 1 unspecified atom stereocenters. The fourth-order valence-electron chi connectivity index (χ4n) is 1.93. The van der Waals surface area contributed by atoms with Gasteiger partial charge in [-0.1, -0.05) is 11.6 Å². The third kappa shape index (κ3) is 3.87. The highest BCUT2D eigenvalue weighted by molar-refractivity contribution is 7.90. The van der Waals surface area contributed by atoms with E-state index in [2.05, 4.69) is 4.72 Å². The van der Waals surface area contributed by atoms with Gasteiger partial charge in [-0.15, -0.1) is 4.72 Å². The second-order valence-corrected chi connectivity index (χ2v) is 8.47. The summed E-state index contributed by atoms with van der Waals surface area (Å²) in [6, 6.07) is 1.43. The highest BCUT2D eigenvalue weighted by atomic mass is 35.5. The summed E-state index contributed by atoms with van der Waals surface area (Å²) in [6.07, 6.45) is 0. The Morgan fingerprint density at radius 1 is 1.33 bits per heavy atom. The lowest BCUT2D eigenvalue weighted by atomic mass is 9.92. The number of ether oxygens (including phenoxy) is 1. The lowest BCUT2D eigenvalue weighted by Gasteiger charge is -2.36. The van der Waals surface area contributed by atoms with E-state index in [0.717, 1.165) is 12.1 Å². The van der Waals surface area contributed by atoms with E-state index in [9.17, 15) is 13.3 Å². The molecule has 0 aliphatic carbocycles. The number of hydrogen-bond donors (Lipinski definition) is 1. The molecular weight excluding hydrogens is 320 g/mol. The quantitative estimate of drug-likeness (QED) is 0.677. The molecule has 1 heterocycles. The smallest absolute Gasteiger partial charge is 0.142 e. The average Bonchev–Trinajstić information content (AvgIpc) is 2.29. The normalized spacial score (nSPS) is 19.2. The minimum Gasteiger partial charge on any atom is -0.598 e. The van der Waals surface area contributed by atoms with Crippen molar-refractivity contribution in [2.75, 3.05) is 13.2 Å². The molecule has 0 aromatic heterocycles. The minimum absolute atomic E-state index is 0.0497. The Kier molecular flexibility index (Phi) is 5.15. The Hall–Kier alpha value is -0.400. The summed E-state index contributed by atoms with van der Waals surface area (Å²) in [7, 11) is 0. The SMILES string of the molecule is CC(C)(C)[S+]([O-])N[C@@H](c1cc(F)c(Cl)cc1F)C1COC1. The van der Waals surface area contributed by atoms with Crippen LogP contribution in [0, 0.1) is 17.6 Å². The van der Waals surface area contributed by atoms with Gasteiger partial charge in [0.05, 0.1) is 24.3 Å². The molecule has 118 valence electrons. The zero-order valence-corrected chi connectivity index (χ0v) is 13.7. The molecule has 0 saturated carbocycles. The first kappa shape index (κ1) is 17.0. The van der Waals surface area contributed by atoms with E-state index in [0.29, 0.717) is 13.2 Å². The van der Waals surface area contributed by atoms with E-state index in [1.807, 2.05) is 20.8 Å². The summed E-state index contributed by atoms with van der Waals surface area (Å²) >= 11 is 4.17. The Bertz CT molecular complexity index is 520. The van der Waals surface area contributed by atoms with E-state index >= 15 is 0 Å². The predicted molar refractivity (Wildman–Crippen MR) is 79.4 cm³/mol. The zero-order chi connectivity index (χ0) is 15.8. The minimum atomic E-state index is -1.40. The van der Waals surface area contributed by atoms with Crippen molar-refractivity contribution in [2.45, 2.75) is 31.6 Å². The van der Waals surface area contributed by atoms with Crippen molar-refractivity contribution in [1.29, 1.82) is 0 Å². The fourth-order valence-corrected chi connectivity index (χ4v) is 2.98. The maximum absolute atomic E-state index is 14.1. The van der Waals surface area contributed by atoms with Crippen molar-refractivity contribution in [3.8, 4) is 0 Å². The van der Waals surface area contributed by atoms with E-state index in [1.165, 1.54) is 0 Å². The lowest BCUT2D eigenvalue weighted by Crippen LogP contribution is -2.47. The van der Waals surface area contributed by atoms with Gasteiger partial charge >= 0.3 is 0 Å². The van der Waals surface area contributed by atoms with Gasteiger partial charge in [0.1, 0.15) is 16.4 Å². The number of hydrogen-bond acceptors (Lipinski definition) is 3. The molecule has 7 heteroatoms. The maximum Gasteiger partial charge on any atom is 0.142 e. The average molecular weight is 338 g/mol. The summed E-state index contributed by atoms with van der Waals surface area (Å²) in [5.74, 6) is -1.36. The van der Waals surface area contributed by atoms with Crippen LogP contribution in [0.1, 0.15) is 32.4 Å². The molecule has 0 bridgehead atoms. The summed E-state index contributed by atoms with van der Waals surface area (Å²) in [5.41, 5.74) is 0.128. The Morgan fingerprint density at radius 3 is 2.43 bits per heavy atom. The molecule has 1 aromatic carbocycles. The molecule has 21 heavy (non-hydrogen) atoms. The fraction of sp³-hybridized carbons (Fsp3) is 0.571. The van der Waals surface area contributed by atoms with Crippen LogP contribution < -0.4 is 4.72 Å². The molecule has 2 atom stereocenters. The van der Waals surface area contributed by atoms with Crippen LogP contribution in [0.15, 0.2) is 12.1 Å². The van der Waals surface area contributed by atoms with Gasteiger partial charge in [-0.05, 0) is 32.9 Å². The largest absolute Gasteiger partial charge is 0.598 e. The van der Waals surface area contributed by atoms with Gasteiger partial charge in [0.2, 0.25) is 0 Å². The number of rotatable bonds is 4. The van der Waals surface area contributed by atoms with Gasteiger partial charge in [-0.2, -0.15) is 0 Å². The topological polar surface area (TPSA) is 44.3 Å². The van der Waals surface area contributed by atoms with Crippen LogP contribution in [0.2, 0.25) is 5.02 Å². The van der Waals surface area contributed by atoms with Crippen molar-refractivity contribution in [3.63, 3.8) is 0 Å². The van der Waals surface area contributed by atoms with Crippen LogP contribution in [0.3, 0.4) is 0 Å². The van der Waals surface area contributed by atoms with Crippen LogP contribution >= 0.6 is 11.6 Å². The van der Waals surface area contributed by atoms with Crippen molar-refractivity contribution in [1.82, 2.24) is 4.72 Å². The molecule has 3 nitrogen and oxygen atoms in total. The van der Waals surface area contributed by atoms with Crippen LogP contribution in [-0.4, -0.2) is 22.5 Å². The summed E-state index contributed by atoms with van der Waals surface area (Å²) in [6.45, 7) is 6.27. The standard InChI is InChI=1S/C14H18ClF2NO2S/c1-14(2,3)21(19)18-13(8-6-20-7-8)9-4-12(17)10(15)5-11(9)16/h4-5,8,13,18H,6-7H2,1-3H3/t13-,21?/m1/s1. The van der Waals surface area contributed by atoms with Crippen LogP contribution in [0.5, 0.6) is 0 Å². The predicted octanol–water partition coefficient (Wildman–Crippen LogP) is 3.36. The third-order valence-corrected chi connectivity index (χ3v) is 5.17. The van der Waals surface area contributed by atoms with Crippen LogP contribution in [0.25, 0.3) is 0 Å². The second kappa shape index (κ2) is 6.38. The Labute approximate surface area is 131 Å².